The van der Waals surface area contributed by atoms with Crippen LogP contribution in [0.4, 0.5) is 0 Å². The maximum atomic E-state index is 11.7. The van der Waals surface area contributed by atoms with Crippen molar-refractivity contribution in [3.8, 4) is 0 Å². The van der Waals surface area contributed by atoms with Crippen molar-refractivity contribution in [3.63, 3.8) is 0 Å². The van der Waals surface area contributed by atoms with Crippen LogP contribution in [0, 0.1) is 17.3 Å². The zero-order valence-electron chi connectivity index (χ0n) is 10.3. The van der Waals surface area contributed by atoms with Crippen LogP contribution in [0.5, 0.6) is 0 Å². The zero-order chi connectivity index (χ0) is 12.2. The normalized spacial score (nSPS) is 13.7. The Morgan fingerprint density at radius 1 is 1.40 bits per heavy atom. The number of carbonyl (C=O) groups excluding carboxylic acids is 1. The van der Waals surface area contributed by atoms with Gasteiger partial charge in [0.05, 0.1) is 4.99 Å². The highest BCUT2D eigenvalue weighted by Crippen LogP contribution is 2.15. The van der Waals surface area contributed by atoms with Crippen molar-refractivity contribution < 1.29 is 4.79 Å². The van der Waals surface area contributed by atoms with E-state index < -0.39 is 0 Å². The average molecular weight is 230 g/mol. The fraction of sp³-hybridized carbons (Fsp3) is 0.818. The van der Waals surface area contributed by atoms with Crippen LogP contribution in [0.1, 0.15) is 34.6 Å². The van der Waals surface area contributed by atoms with Gasteiger partial charge in [-0.1, -0.05) is 46.8 Å². The molecule has 0 aliphatic carbocycles. The van der Waals surface area contributed by atoms with Gasteiger partial charge in [0.25, 0.3) is 0 Å². The molecule has 0 fully saturated rings. The van der Waals surface area contributed by atoms with E-state index in [2.05, 4.69) is 5.32 Å². The van der Waals surface area contributed by atoms with Crippen molar-refractivity contribution in [2.45, 2.75) is 34.6 Å². The summed E-state index contributed by atoms with van der Waals surface area (Å²) < 4.78 is 0. The van der Waals surface area contributed by atoms with Crippen LogP contribution in [0.15, 0.2) is 0 Å². The summed E-state index contributed by atoms with van der Waals surface area (Å²) in [4.78, 5) is 12.1. The van der Waals surface area contributed by atoms with Crippen molar-refractivity contribution in [2.75, 3.05) is 6.54 Å². The number of nitrogens with two attached hydrogens (primary N) is 1. The minimum atomic E-state index is -0.318. The molecule has 0 aliphatic rings. The van der Waals surface area contributed by atoms with Crippen molar-refractivity contribution in [1.29, 1.82) is 0 Å². The van der Waals surface area contributed by atoms with E-state index in [-0.39, 0.29) is 17.2 Å². The van der Waals surface area contributed by atoms with Gasteiger partial charge in [0.2, 0.25) is 5.91 Å². The predicted octanol–water partition coefficient (Wildman–Crippen LogP) is 1.71. The largest absolute Gasteiger partial charge is 0.393 e. The Kier molecular flexibility index (Phi) is 5.21. The third-order valence-corrected chi connectivity index (χ3v) is 3.34. The lowest BCUT2D eigenvalue weighted by Gasteiger charge is -2.25. The molecule has 15 heavy (non-hydrogen) atoms. The number of nitrogens with one attached hydrogen (secondary N) is 1. The van der Waals surface area contributed by atoms with E-state index in [1.54, 1.807) is 0 Å². The van der Waals surface area contributed by atoms with E-state index in [1.807, 2.05) is 34.6 Å². The van der Waals surface area contributed by atoms with Crippen molar-refractivity contribution >= 4 is 23.1 Å². The van der Waals surface area contributed by atoms with E-state index in [0.29, 0.717) is 17.5 Å². The second kappa shape index (κ2) is 5.45. The lowest BCUT2D eigenvalue weighted by molar-refractivity contribution is -0.125. The third-order valence-electron chi connectivity index (χ3n) is 2.79. The standard InChI is InChI=1S/C11H22N2OS/c1-7(2)8(3)9(14)13-6-11(4,5)10(12)15/h7-8H,6H2,1-5H3,(H2,12,15)(H,13,14). The molecule has 0 saturated carbocycles. The van der Waals surface area contributed by atoms with Gasteiger partial charge in [0, 0.05) is 17.9 Å². The minimum Gasteiger partial charge on any atom is -0.393 e. The van der Waals surface area contributed by atoms with E-state index in [9.17, 15) is 4.79 Å². The third kappa shape index (κ3) is 4.60. The first-order chi connectivity index (χ1) is 6.68. The molecular formula is C11H22N2OS. The summed E-state index contributed by atoms with van der Waals surface area (Å²) >= 11 is 4.93. The fourth-order valence-corrected chi connectivity index (χ4v) is 0.931. The Morgan fingerprint density at radius 3 is 2.20 bits per heavy atom. The maximum absolute atomic E-state index is 11.7. The van der Waals surface area contributed by atoms with Gasteiger partial charge in [-0.3, -0.25) is 4.79 Å². The second-order valence-corrected chi connectivity index (χ2v) is 5.44. The fourth-order valence-electron chi connectivity index (χ4n) is 0.859. The van der Waals surface area contributed by atoms with Crippen molar-refractivity contribution in [1.82, 2.24) is 5.32 Å². The summed E-state index contributed by atoms with van der Waals surface area (Å²) in [5.74, 6) is 0.430. The van der Waals surface area contributed by atoms with E-state index in [0.717, 1.165) is 0 Å². The molecule has 88 valence electrons. The lowest BCUT2D eigenvalue weighted by atomic mass is 9.92. The van der Waals surface area contributed by atoms with E-state index >= 15 is 0 Å². The van der Waals surface area contributed by atoms with Crippen LogP contribution in [0.2, 0.25) is 0 Å². The van der Waals surface area contributed by atoms with Gasteiger partial charge in [-0.15, -0.1) is 0 Å². The van der Waals surface area contributed by atoms with Gasteiger partial charge in [0.15, 0.2) is 0 Å². The van der Waals surface area contributed by atoms with Crippen LogP contribution in [0.25, 0.3) is 0 Å². The highest BCUT2D eigenvalue weighted by molar-refractivity contribution is 7.80. The molecule has 0 spiro atoms. The molecule has 0 rings (SSSR count). The maximum Gasteiger partial charge on any atom is 0.223 e. The molecule has 3 N–H and O–H groups in total. The van der Waals surface area contributed by atoms with Crippen LogP contribution in [-0.2, 0) is 4.79 Å². The number of carbonyl (C=O) groups is 1. The Labute approximate surface area is 97.8 Å². The molecule has 0 bridgehead atoms. The summed E-state index contributed by atoms with van der Waals surface area (Å²) in [7, 11) is 0. The highest BCUT2D eigenvalue weighted by atomic mass is 32.1. The summed E-state index contributed by atoms with van der Waals surface area (Å²) in [5, 5.41) is 2.88. The number of hydrogen-bond donors (Lipinski definition) is 2. The van der Waals surface area contributed by atoms with Crippen LogP contribution in [-0.4, -0.2) is 17.4 Å². The van der Waals surface area contributed by atoms with Crippen LogP contribution < -0.4 is 11.1 Å². The quantitative estimate of drug-likeness (QED) is 0.707. The van der Waals surface area contributed by atoms with Gasteiger partial charge >= 0.3 is 0 Å². The topological polar surface area (TPSA) is 55.1 Å². The number of thiocarbonyl (C=S) groups is 1. The molecule has 1 amide bonds. The Morgan fingerprint density at radius 2 is 1.87 bits per heavy atom. The molecule has 0 saturated heterocycles. The SMILES string of the molecule is CC(C)C(C)C(=O)NCC(C)(C)C(N)=S. The summed E-state index contributed by atoms with van der Waals surface area (Å²) in [5.41, 5.74) is 5.25. The first-order valence-corrected chi connectivity index (χ1v) is 5.67. The Balaban J connectivity index is 4.18. The number of amides is 1. The summed E-state index contributed by atoms with van der Waals surface area (Å²) in [6.45, 7) is 10.3. The molecule has 0 aliphatic heterocycles. The predicted molar refractivity (Wildman–Crippen MR) is 67.6 cm³/mol. The number of hydrogen-bond acceptors (Lipinski definition) is 2. The Hall–Kier alpha value is -0.640. The van der Waals surface area contributed by atoms with E-state index in [4.69, 9.17) is 18.0 Å². The van der Waals surface area contributed by atoms with Crippen LogP contribution in [0.3, 0.4) is 0 Å². The van der Waals surface area contributed by atoms with Crippen molar-refractivity contribution in [3.05, 3.63) is 0 Å². The molecule has 0 aromatic heterocycles. The van der Waals surface area contributed by atoms with E-state index in [1.165, 1.54) is 0 Å². The van der Waals surface area contributed by atoms with Gasteiger partial charge < -0.3 is 11.1 Å². The van der Waals surface area contributed by atoms with Crippen molar-refractivity contribution in [2.24, 2.45) is 23.0 Å². The Bertz CT molecular complexity index is 249. The summed E-state index contributed by atoms with van der Waals surface area (Å²) in [6.07, 6.45) is 0. The first kappa shape index (κ1) is 14.4. The molecule has 0 heterocycles. The molecule has 1 unspecified atom stereocenters. The minimum absolute atomic E-state index is 0.0205. The molecule has 4 heteroatoms. The first-order valence-electron chi connectivity index (χ1n) is 5.26. The molecule has 0 radical (unpaired) electrons. The van der Waals surface area contributed by atoms with Gasteiger partial charge in [-0.05, 0) is 5.92 Å². The molecular weight excluding hydrogens is 208 g/mol. The summed E-state index contributed by atoms with van der Waals surface area (Å²) in [6, 6.07) is 0. The van der Waals surface area contributed by atoms with Crippen LogP contribution >= 0.6 is 12.2 Å². The lowest BCUT2D eigenvalue weighted by Crippen LogP contribution is -2.43. The van der Waals surface area contributed by atoms with Gasteiger partial charge in [0.1, 0.15) is 0 Å². The molecule has 0 aromatic rings. The highest BCUT2D eigenvalue weighted by Gasteiger charge is 2.24. The molecule has 3 nitrogen and oxygen atoms in total. The van der Waals surface area contributed by atoms with Gasteiger partial charge in [-0.25, -0.2) is 0 Å². The average Bonchev–Trinajstić information content (AvgIpc) is 2.12. The zero-order valence-corrected chi connectivity index (χ0v) is 11.1. The number of rotatable bonds is 5. The molecule has 0 aromatic carbocycles. The monoisotopic (exact) mass is 230 g/mol. The molecule has 1 atom stereocenters. The van der Waals surface area contributed by atoms with Gasteiger partial charge in [-0.2, -0.15) is 0 Å². The smallest absolute Gasteiger partial charge is 0.223 e. The second-order valence-electron chi connectivity index (χ2n) is 5.00.